The first-order valence-corrected chi connectivity index (χ1v) is 15.8. The van der Waals surface area contributed by atoms with Gasteiger partial charge < -0.3 is 38.8 Å². The molecule has 2 N–H and O–H groups in total. The number of halogens is 3. The number of hydrogen-bond donors (Lipinski definition) is 2. The molecule has 1 amide bonds. The molecule has 1 aromatic carbocycles. The normalized spacial score (nSPS) is 18.4. The van der Waals surface area contributed by atoms with Crippen molar-refractivity contribution >= 4 is 23.3 Å². The molecule has 49 heavy (non-hydrogen) atoms. The number of carbonyl (C=O) groups excluding carboxylic acids is 1. The lowest BCUT2D eigenvalue weighted by Crippen LogP contribution is -2.68. The van der Waals surface area contributed by atoms with Gasteiger partial charge in [0.15, 0.2) is 5.66 Å². The van der Waals surface area contributed by atoms with Gasteiger partial charge in [-0.05, 0) is 36.8 Å². The largest absolute Gasteiger partial charge is 0.480 e. The van der Waals surface area contributed by atoms with Gasteiger partial charge in [0.05, 0.1) is 65.0 Å². The van der Waals surface area contributed by atoms with E-state index < -0.39 is 29.3 Å². The number of carboxylic acid groups (broad SMARTS) is 1. The Morgan fingerprint density at radius 1 is 0.959 bits per heavy atom. The van der Waals surface area contributed by atoms with E-state index in [0.29, 0.717) is 46.1 Å². The maximum absolute atomic E-state index is 13.8. The fraction of sp³-hybridized carbons (Fsp3) is 0.515. The van der Waals surface area contributed by atoms with Crippen LogP contribution in [0.5, 0.6) is 0 Å². The van der Waals surface area contributed by atoms with Crippen molar-refractivity contribution in [3.63, 3.8) is 0 Å². The molecule has 0 bridgehead atoms. The predicted molar refractivity (Wildman–Crippen MR) is 170 cm³/mol. The van der Waals surface area contributed by atoms with Gasteiger partial charge in [-0.15, -0.1) is 0 Å². The van der Waals surface area contributed by atoms with Crippen LogP contribution in [-0.4, -0.2) is 124 Å². The van der Waals surface area contributed by atoms with Crippen molar-refractivity contribution in [1.29, 1.82) is 0 Å². The number of aromatic nitrogens is 1. The molecule has 0 spiro atoms. The highest BCUT2D eigenvalue weighted by Crippen LogP contribution is 2.36. The zero-order chi connectivity index (χ0) is 35.1. The van der Waals surface area contributed by atoms with Crippen LogP contribution in [0.3, 0.4) is 0 Å². The van der Waals surface area contributed by atoms with Crippen LogP contribution < -0.4 is 5.32 Å². The average molecular weight is 695 g/mol. The molecule has 1 unspecified atom stereocenters. The van der Waals surface area contributed by atoms with Crippen LogP contribution in [0.4, 0.5) is 13.2 Å². The lowest BCUT2D eigenvalue weighted by atomic mass is 9.89. The van der Waals surface area contributed by atoms with E-state index in [1.54, 1.807) is 18.5 Å². The molecular formula is C33H41F3N4O9. The van der Waals surface area contributed by atoms with E-state index in [-0.39, 0.29) is 57.5 Å². The average Bonchev–Trinajstić information content (AvgIpc) is 3.09. The van der Waals surface area contributed by atoms with E-state index in [1.807, 2.05) is 17.9 Å². The van der Waals surface area contributed by atoms with E-state index in [2.05, 4.69) is 15.3 Å². The van der Waals surface area contributed by atoms with Crippen molar-refractivity contribution in [2.24, 2.45) is 4.99 Å². The number of pyridine rings is 1. The van der Waals surface area contributed by atoms with Gasteiger partial charge in [0.1, 0.15) is 13.2 Å². The van der Waals surface area contributed by atoms with Crippen LogP contribution in [0.15, 0.2) is 53.8 Å². The van der Waals surface area contributed by atoms with Crippen LogP contribution in [0.2, 0.25) is 0 Å². The summed E-state index contributed by atoms with van der Waals surface area (Å²) >= 11 is 0. The molecule has 13 nitrogen and oxygen atoms in total. The molecule has 16 heteroatoms. The molecule has 2 aliphatic rings. The minimum atomic E-state index is -4.62. The zero-order valence-electron chi connectivity index (χ0n) is 27.2. The topological polar surface area (TPSA) is 150 Å². The number of rotatable bonds is 18. The van der Waals surface area contributed by atoms with Crippen LogP contribution in [-0.2, 0) is 39.4 Å². The maximum Gasteiger partial charge on any atom is 0.416 e. The van der Waals surface area contributed by atoms with Crippen molar-refractivity contribution in [3.8, 4) is 0 Å². The highest BCUT2D eigenvalue weighted by atomic mass is 19.4. The lowest BCUT2D eigenvalue weighted by Gasteiger charge is -2.47. The molecule has 4 rings (SSSR count). The number of aryl methyl sites for hydroxylation is 1. The van der Waals surface area contributed by atoms with Crippen molar-refractivity contribution < 1.29 is 56.3 Å². The summed E-state index contributed by atoms with van der Waals surface area (Å²) in [5, 5.41) is 11.5. The Morgan fingerprint density at radius 3 is 2.24 bits per heavy atom. The molecule has 0 radical (unpaired) electrons. The van der Waals surface area contributed by atoms with Gasteiger partial charge in [0, 0.05) is 48.7 Å². The Kier molecular flexibility index (Phi) is 14.5. The third kappa shape index (κ3) is 11.3. The standard InChI is InChI=1S/C33H41F3N4O9/c1-24-28(6-3-7-37-24)26-21-32(40-8-10-44-11-9-40,39-30(43)25-4-2-5-27(20-25)33(34,35)36)31(38-22-26)49-19-18-47-15-14-45-12-13-46-16-17-48-23-29(41)42/h2-7,20,22H,8-19,21,23H2,1H3,(H,39,43)(H,41,42). The molecule has 3 heterocycles. The summed E-state index contributed by atoms with van der Waals surface area (Å²) in [5.74, 6) is -1.59. The number of benzene rings is 1. The minimum absolute atomic E-state index is 0.0684. The summed E-state index contributed by atoms with van der Waals surface area (Å²) in [4.78, 5) is 35.2. The highest BCUT2D eigenvalue weighted by Gasteiger charge is 2.48. The number of carboxylic acids is 1. The molecule has 0 saturated carbocycles. The maximum atomic E-state index is 13.8. The summed E-state index contributed by atoms with van der Waals surface area (Å²) < 4.78 is 73.6. The molecule has 2 aliphatic heterocycles. The minimum Gasteiger partial charge on any atom is -0.480 e. The summed E-state index contributed by atoms with van der Waals surface area (Å²) in [6.45, 7) is 4.85. The van der Waals surface area contributed by atoms with Crippen LogP contribution in [0.25, 0.3) is 5.57 Å². The van der Waals surface area contributed by atoms with Crippen molar-refractivity contribution in [2.45, 2.75) is 25.2 Å². The summed E-state index contributed by atoms with van der Waals surface area (Å²) in [7, 11) is 0. The molecule has 1 atom stereocenters. The number of aliphatic imine (C=N–C) groups is 1. The van der Waals surface area contributed by atoms with E-state index in [0.717, 1.165) is 29.0 Å². The molecule has 2 aromatic rings. The van der Waals surface area contributed by atoms with Gasteiger partial charge in [-0.3, -0.25) is 14.7 Å². The van der Waals surface area contributed by atoms with E-state index in [4.69, 9.17) is 33.5 Å². The van der Waals surface area contributed by atoms with Crippen molar-refractivity contribution in [3.05, 3.63) is 71.2 Å². The smallest absolute Gasteiger partial charge is 0.416 e. The number of carbonyl (C=O) groups is 2. The second kappa shape index (κ2) is 18.7. The Hall–Kier alpha value is -3.93. The third-order valence-electron chi connectivity index (χ3n) is 7.62. The summed E-state index contributed by atoms with van der Waals surface area (Å²) in [6, 6.07) is 7.96. The fourth-order valence-corrected chi connectivity index (χ4v) is 5.27. The Morgan fingerprint density at radius 2 is 1.61 bits per heavy atom. The Balaban J connectivity index is 1.42. The molecule has 1 aromatic heterocycles. The number of ether oxygens (including phenoxy) is 6. The Bertz CT molecular complexity index is 1450. The number of morpholine rings is 1. The molecular weight excluding hydrogens is 653 g/mol. The van der Waals surface area contributed by atoms with Crippen molar-refractivity contribution in [2.75, 3.05) is 85.8 Å². The first-order chi connectivity index (χ1) is 23.6. The van der Waals surface area contributed by atoms with Crippen molar-refractivity contribution in [1.82, 2.24) is 15.2 Å². The Labute approximate surface area is 282 Å². The van der Waals surface area contributed by atoms with E-state index >= 15 is 0 Å². The van der Waals surface area contributed by atoms with Crippen LogP contribution in [0, 0.1) is 6.92 Å². The number of nitrogens with one attached hydrogen (secondary N) is 1. The monoisotopic (exact) mass is 694 g/mol. The van der Waals surface area contributed by atoms with Crippen LogP contribution in [0.1, 0.15) is 33.6 Å². The van der Waals surface area contributed by atoms with Gasteiger partial charge in [-0.2, -0.15) is 13.2 Å². The number of alkyl halides is 3. The quantitative estimate of drug-likeness (QED) is 0.222. The summed E-state index contributed by atoms with van der Waals surface area (Å²) in [6.07, 6.45) is -1.09. The van der Waals surface area contributed by atoms with Gasteiger partial charge in [0.25, 0.3) is 5.91 Å². The SMILES string of the molecule is Cc1ncccc1C1=CN=C(OCCOCCOCCOCCOCC(=O)O)C(NC(=O)c2cccc(C(F)(F)F)c2)(N2CCOCC2)C1. The number of hydrogen-bond acceptors (Lipinski definition) is 11. The number of aliphatic carboxylic acids is 1. The van der Waals surface area contributed by atoms with Gasteiger partial charge >= 0.3 is 12.1 Å². The van der Waals surface area contributed by atoms with Gasteiger partial charge in [0.2, 0.25) is 5.90 Å². The first-order valence-electron chi connectivity index (χ1n) is 15.8. The van der Waals surface area contributed by atoms with Gasteiger partial charge in [-0.1, -0.05) is 12.1 Å². The fourth-order valence-electron chi connectivity index (χ4n) is 5.27. The van der Waals surface area contributed by atoms with E-state index in [1.165, 1.54) is 12.1 Å². The zero-order valence-corrected chi connectivity index (χ0v) is 27.2. The third-order valence-corrected chi connectivity index (χ3v) is 7.62. The number of nitrogens with zero attached hydrogens (tertiary/aromatic N) is 3. The second-order valence-electron chi connectivity index (χ2n) is 11.0. The van der Waals surface area contributed by atoms with Crippen LogP contribution >= 0.6 is 0 Å². The second-order valence-corrected chi connectivity index (χ2v) is 11.0. The summed E-state index contributed by atoms with van der Waals surface area (Å²) in [5.41, 5.74) is -0.118. The molecule has 268 valence electrons. The lowest BCUT2D eigenvalue weighted by molar-refractivity contribution is -0.142. The van der Waals surface area contributed by atoms with E-state index in [9.17, 15) is 22.8 Å². The highest BCUT2D eigenvalue weighted by molar-refractivity contribution is 6.01. The first kappa shape index (κ1) is 37.9. The predicted octanol–water partition coefficient (Wildman–Crippen LogP) is 3.18. The van der Waals surface area contributed by atoms with Gasteiger partial charge in [-0.25, -0.2) is 9.79 Å². The number of amides is 1. The molecule has 0 aliphatic carbocycles. The molecule has 1 saturated heterocycles. The molecule has 1 fully saturated rings.